The van der Waals surface area contributed by atoms with Gasteiger partial charge in [0.25, 0.3) is 0 Å². The molecule has 0 aliphatic rings. The molecular formula is C24H26N2O3. The van der Waals surface area contributed by atoms with Crippen molar-refractivity contribution >= 4 is 11.8 Å². The normalized spacial score (nSPS) is 11.6. The van der Waals surface area contributed by atoms with E-state index in [2.05, 4.69) is 5.32 Å². The summed E-state index contributed by atoms with van der Waals surface area (Å²) in [6, 6.07) is 22.5. The number of rotatable bonds is 9. The fourth-order valence-corrected chi connectivity index (χ4v) is 3.24. The second kappa shape index (κ2) is 10.3. The zero-order valence-corrected chi connectivity index (χ0v) is 16.6. The lowest BCUT2D eigenvalue weighted by Gasteiger charge is -2.31. The number of amides is 2. The van der Waals surface area contributed by atoms with Crippen LogP contribution in [0, 0.1) is 0 Å². The van der Waals surface area contributed by atoms with E-state index < -0.39 is 6.04 Å². The third-order valence-electron chi connectivity index (χ3n) is 4.79. The summed E-state index contributed by atoms with van der Waals surface area (Å²) < 4.78 is 5.31. The topological polar surface area (TPSA) is 62.6 Å². The minimum Gasteiger partial charge on any atom is -0.467 e. The average molecular weight is 390 g/mol. The van der Waals surface area contributed by atoms with Crippen molar-refractivity contribution in [1.29, 1.82) is 0 Å². The summed E-state index contributed by atoms with van der Waals surface area (Å²) in [5, 5.41) is 2.92. The maximum absolute atomic E-state index is 13.1. The van der Waals surface area contributed by atoms with Gasteiger partial charge in [-0.15, -0.1) is 0 Å². The van der Waals surface area contributed by atoms with Gasteiger partial charge in [-0.05, 0) is 23.3 Å². The van der Waals surface area contributed by atoms with Crippen molar-refractivity contribution in [2.24, 2.45) is 0 Å². The van der Waals surface area contributed by atoms with Crippen LogP contribution in [-0.2, 0) is 29.1 Å². The van der Waals surface area contributed by atoms with E-state index in [1.54, 1.807) is 17.2 Å². The van der Waals surface area contributed by atoms with Crippen molar-refractivity contribution in [2.75, 3.05) is 0 Å². The van der Waals surface area contributed by atoms with Crippen LogP contribution in [0.3, 0.4) is 0 Å². The first-order valence-electron chi connectivity index (χ1n) is 9.84. The van der Waals surface area contributed by atoms with Crippen LogP contribution in [0.4, 0.5) is 0 Å². The first-order valence-corrected chi connectivity index (χ1v) is 9.84. The standard InChI is InChI=1S/C24H26N2O3/c1-2-23(27)26(18-20-12-7-4-8-13-20)22(16-19-10-5-3-6-11-19)24(28)25-17-21-14-9-15-29-21/h3-15,22H,2,16-18H2,1H3,(H,25,28). The third kappa shape index (κ3) is 5.82. The Kier molecular flexibility index (Phi) is 7.22. The molecule has 0 spiro atoms. The summed E-state index contributed by atoms with van der Waals surface area (Å²) in [6.07, 6.45) is 2.36. The SMILES string of the molecule is CCC(=O)N(Cc1ccccc1)C(Cc1ccccc1)C(=O)NCc1ccco1. The molecule has 3 aromatic rings. The van der Waals surface area contributed by atoms with Crippen molar-refractivity contribution in [2.45, 2.75) is 38.9 Å². The van der Waals surface area contributed by atoms with Crippen molar-refractivity contribution in [3.05, 3.63) is 95.9 Å². The third-order valence-corrected chi connectivity index (χ3v) is 4.79. The monoisotopic (exact) mass is 390 g/mol. The number of hydrogen-bond donors (Lipinski definition) is 1. The van der Waals surface area contributed by atoms with E-state index in [0.717, 1.165) is 11.1 Å². The molecule has 0 aliphatic carbocycles. The van der Waals surface area contributed by atoms with Crippen molar-refractivity contribution in [1.82, 2.24) is 10.2 Å². The quantitative estimate of drug-likeness (QED) is 0.602. The molecule has 1 N–H and O–H groups in total. The van der Waals surface area contributed by atoms with E-state index >= 15 is 0 Å². The largest absolute Gasteiger partial charge is 0.467 e. The van der Waals surface area contributed by atoms with Gasteiger partial charge in [0.1, 0.15) is 11.8 Å². The fourth-order valence-electron chi connectivity index (χ4n) is 3.24. The van der Waals surface area contributed by atoms with E-state index in [4.69, 9.17) is 4.42 Å². The predicted octanol–water partition coefficient (Wildman–Crippen LogP) is 3.95. The van der Waals surface area contributed by atoms with Gasteiger partial charge in [0.15, 0.2) is 0 Å². The van der Waals surface area contributed by atoms with Crippen LogP contribution in [-0.4, -0.2) is 22.8 Å². The molecule has 29 heavy (non-hydrogen) atoms. The van der Waals surface area contributed by atoms with E-state index in [-0.39, 0.29) is 18.4 Å². The van der Waals surface area contributed by atoms with Crippen molar-refractivity contribution in [3.8, 4) is 0 Å². The Hall–Kier alpha value is -3.34. The zero-order valence-electron chi connectivity index (χ0n) is 16.6. The van der Waals surface area contributed by atoms with Crippen LogP contribution in [0.5, 0.6) is 0 Å². The number of nitrogens with one attached hydrogen (secondary N) is 1. The van der Waals surface area contributed by atoms with E-state index in [9.17, 15) is 9.59 Å². The van der Waals surface area contributed by atoms with Crippen LogP contribution < -0.4 is 5.32 Å². The van der Waals surface area contributed by atoms with Gasteiger partial charge in [-0.3, -0.25) is 9.59 Å². The number of carbonyl (C=O) groups excluding carboxylic acids is 2. The molecule has 2 amide bonds. The lowest BCUT2D eigenvalue weighted by atomic mass is 10.0. The molecule has 3 rings (SSSR count). The van der Waals surface area contributed by atoms with E-state index in [0.29, 0.717) is 25.1 Å². The molecule has 1 heterocycles. The Morgan fingerprint density at radius 1 is 0.931 bits per heavy atom. The highest BCUT2D eigenvalue weighted by Gasteiger charge is 2.29. The van der Waals surface area contributed by atoms with Crippen LogP contribution in [0.25, 0.3) is 0 Å². The Labute approximate surface area is 171 Å². The van der Waals surface area contributed by atoms with Gasteiger partial charge in [0.2, 0.25) is 11.8 Å². The molecule has 0 saturated carbocycles. The first-order chi connectivity index (χ1) is 14.2. The molecule has 5 heteroatoms. The molecule has 0 fully saturated rings. The van der Waals surface area contributed by atoms with Gasteiger partial charge >= 0.3 is 0 Å². The second-order valence-electron chi connectivity index (χ2n) is 6.86. The zero-order chi connectivity index (χ0) is 20.5. The van der Waals surface area contributed by atoms with Crippen LogP contribution in [0.1, 0.15) is 30.2 Å². The molecular weight excluding hydrogens is 364 g/mol. The first kappa shape index (κ1) is 20.4. The highest BCUT2D eigenvalue weighted by Crippen LogP contribution is 2.16. The minimum absolute atomic E-state index is 0.0528. The van der Waals surface area contributed by atoms with Crippen LogP contribution in [0.15, 0.2) is 83.5 Å². The van der Waals surface area contributed by atoms with Gasteiger partial charge in [-0.1, -0.05) is 67.6 Å². The molecule has 2 aromatic carbocycles. The van der Waals surface area contributed by atoms with Gasteiger partial charge in [0.05, 0.1) is 12.8 Å². The summed E-state index contributed by atoms with van der Waals surface area (Å²) in [5.74, 6) is 0.430. The number of nitrogens with zero attached hydrogens (tertiary/aromatic N) is 1. The molecule has 1 atom stereocenters. The summed E-state index contributed by atoms with van der Waals surface area (Å²) in [7, 11) is 0. The minimum atomic E-state index is -0.611. The second-order valence-corrected chi connectivity index (χ2v) is 6.86. The van der Waals surface area contributed by atoms with Crippen molar-refractivity contribution < 1.29 is 14.0 Å². The molecule has 0 saturated heterocycles. The number of hydrogen-bond acceptors (Lipinski definition) is 3. The lowest BCUT2D eigenvalue weighted by Crippen LogP contribution is -2.50. The molecule has 0 bridgehead atoms. The Morgan fingerprint density at radius 2 is 1.59 bits per heavy atom. The smallest absolute Gasteiger partial charge is 0.243 e. The molecule has 150 valence electrons. The maximum atomic E-state index is 13.1. The summed E-state index contributed by atoms with van der Waals surface area (Å²) in [6.45, 7) is 2.50. The van der Waals surface area contributed by atoms with Gasteiger partial charge in [-0.25, -0.2) is 0 Å². The van der Waals surface area contributed by atoms with Gasteiger partial charge in [-0.2, -0.15) is 0 Å². The van der Waals surface area contributed by atoms with Crippen molar-refractivity contribution in [3.63, 3.8) is 0 Å². The highest BCUT2D eigenvalue weighted by molar-refractivity contribution is 5.87. The Balaban J connectivity index is 1.84. The number of furan rings is 1. The van der Waals surface area contributed by atoms with Gasteiger partial charge in [0, 0.05) is 19.4 Å². The molecule has 0 radical (unpaired) electrons. The summed E-state index contributed by atoms with van der Waals surface area (Å²) in [5.41, 5.74) is 2.00. The highest BCUT2D eigenvalue weighted by atomic mass is 16.3. The molecule has 0 aliphatic heterocycles. The predicted molar refractivity (Wildman–Crippen MR) is 112 cm³/mol. The Morgan fingerprint density at radius 3 is 2.17 bits per heavy atom. The van der Waals surface area contributed by atoms with E-state index in [1.807, 2.05) is 73.7 Å². The molecule has 1 unspecified atom stereocenters. The fraction of sp³-hybridized carbons (Fsp3) is 0.250. The summed E-state index contributed by atoms with van der Waals surface area (Å²) >= 11 is 0. The van der Waals surface area contributed by atoms with Crippen LogP contribution in [0.2, 0.25) is 0 Å². The van der Waals surface area contributed by atoms with E-state index in [1.165, 1.54) is 0 Å². The molecule has 1 aromatic heterocycles. The number of carbonyl (C=O) groups is 2. The summed E-state index contributed by atoms with van der Waals surface area (Å²) in [4.78, 5) is 27.6. The Bertz CT molecular complexity index is 892. The maximum Gasteiger partial charge on any atom is 0.243 e. The van der Waals surface area contributed by atoms with Gasteiger partial charge < -0.3 is 14.6 Å². The average Bonchev–Trinajstić information content (AvgIpc) is 3.29. The van der Waals surface area contributed by atoms with Crippen LogP contribution >= 0.6 is 0 Å². The molecule has 5 nitrogen and oxygen atoms in total. The lowest BCUT2D eigenvalue weighted by molar-refractivity contribution is -0.141. The number of benzene rings is 2.